The van der Waals surface area contributed by atoms with E-state index in [0.29, 0.717) is 5.84 Å². The summed E-state index contributed by atoms with van der Waals surface area (Å²) < 4.78 is 0. The van der Waals surface area contributed by atoms with Crippen LogP contribution in [-0.4, -0.2) is 33.3 Å². The number of aliphatic carboxylic acids is 1. The second-order valence-corrected chi connectivity index (χ2v) is 3.69. The summed E-state index contributed by atoms with van der Waals surface area (Å²) in [6.45, 7) is 1.59. The summed E-state index contributed by atoms with van der Waals surface area (Å²) in [5.41, 5.74) is -1.08. The number of aliphatic imine (C=N–C) groups is 1. The highest BCUT2D eigenvalue weighted by Crippen LogP contribution is 2.29. The highest BCUT2D eigenvalue weighted by atomic mass is 16.4. The quantitative estimate of drug-likeness (QED) is 0.716. The van der Waals surface area contributed by atoms with Crippen molar-refractivity contribution in [2.45, 2.75) is 18.9 Å². The van der Waals surface area contributed by atoms with Crippen LogP contribution in [0, 0.1) is 0 Å². The van der Waals surface area contributed by atoms with Gasteiger partial charge in [0.2, 0.25) is 0 Å². The number of carboxylic acid groups (broad SMARTS) is 1. The zero-order chi connectivity index (χ0) is 11.1. The van der Waals surface area contributed by atoms with Crippen molar-refractivity contribution < 1.29 is 14.7 Å². The number of amides is 1. The van der Waals surface area contributed by atoms with Gasteiger partial charge in [0.1, 0.15) is 11.4 Å². The van der Waals surface area contributed by atoms with Crippen LogP contribution in [0.5, 0.6) is 0 Å². The summed E-state index contributed by atoms with van der Waals surface area (Å²) in [5, 5.41) is 8.78. The Kier molecular flexibility index (Phi) is 1.96. The highest BCUT2D eigenvalue weighted by Gasteiger charge is 2.46. The average molecular weight is 206 g/mol. The molecular formula is C10H10N2O3. The summed E-state index contributed by atoms with van der Waals surface area (Å²) in [7, 11) is 0. The van der Waals surface area contributed by atoms with Gasteiger partial charge in [-0.2, -0.15) is 4.99 Å². The molecule has 2 rings (SSSR count). The molecule has 1 amide bonds. The summed E-state index contributed by atoms with van der Waals surface area (Å²) in [6.07, 6.45) is 6.61. The highest BCUT2D eigenvalue weighted by molar-refractivity contribution is 6.12. The fraction of sp³-hybridized carbons (Fsp3) is 0.300. The van der Waals surface area contributed by atoms with Crippen molar-refractivity contribution in [1.29, 1.82) is 0 Å². The Hall–Kier alpha value is -1.91. The lowest BCUT2D eigenvalue weighted by atomic mass is 9.95. The molecule has 1 N–H and O–H groups in total. The molecule has 0 aromatic carbocycles. The molecule has 0 saturated heterocycles. The maximum Gasteiger partial charge on any atom is 0.306 e. The Morgan fingerprint density at radius 3 is 3.00 bits per heavy atom. The van der Waals surface area contributed by atoms with Crippen LogP contribution >= 0.6 is 0 Å². The second kappa shape index (κ2) is 3.05. The second-order valence-electron chi connectivity index (χ2n) is 3.69. The van der Waals surface area contributed by atoms with Crippen molar-refractivity contribution in [1.82, 2.24) is 4.90 Å². The van der Waals surface area contributed by atoms with Gasteiger partial charge >= 0.3 is 5.97 Å². The monoisotopic (exact) mass is 206 g/mol. The third-order valence-electron chi connectivity index (χ3n) is 2.54. The topological polar surface area (TPSA) is 70.0 Å². The first-order valence-electron chi connectivity index (χ1n) is 4.53. The Bertz CT molecular complexity index is 422. The molecular weight excluding hydrogens is 196 g/mol. The molecule has 2 aliphatic rings. The van der Waals surface area contributed by atoms with E-state index >= 15 is 0 Å². The molecule has 15 heavy (non-hydrogen) atoms. The van der Waals surface area contributed by atoms with E-state index in [9.17, 15) is 9.59 Å². The fourth-order valence-electron chi connectivity index (χ4n) is 1.73. The van der Waals surface area contributed by atoms with Crippen LogP contribution in [0.4, 0.5) is 0 Å². The largest absolute Gasteiger partial charge is 0.481 e. The zero-order valence-corrected chi connectivity index (χ0v) is 8.17. The minimum atomic E-state index is -1.08. The van der Waals surface area contributed by atoms with E-state index < -0.39 is 17.4 Å². The summed E-state index contributed by atoms with van der Waals surface area (Å²) in [4.78, 5) is 27.8. The molecule has 0 bridgehead atoms. The molecule has 0 spiro atoms. The number of nitrogens with zero attached hydrogens (tertiary/aromatic N) is 2. The molecule has 2 aliphatic heterocycles. The van der Waals surface area contributed by atoms with E-state index in [1.165, 1.54) is 0 Å². The first-order valence-corrected chi connectivity index (χ1v) is 4.53. The Morgan fingerprint density at radius 2 is 2.33 bits per heavy atom. The predicted octanol–water partition coefficient (Wildman–Crippen LogP) is 0.544. The molecule has 5 nitrogen and oxygen atoms in total. The van der Waals surface area contributed by atoms with E-state index in [1.807, 2.05) is 0 Å². The van der Waals surface area contributed by atoms with Gasteiger partial charge in [-0.25, -0.2) is 0 Å². The molecule has 2 heterocycles. The van der Waals surface area contributed by atoms with E-state index in [-0.39, 0.29) is 6.42 Å². The maximum absolute atomic E-state index is 11.6. The number of fused-ring (bicyclic) bond motifs is 1. The predicted molar refractivity (Wildman–Crippen MR) is 53.2 cm³/mol. The minimum Gasteiger partial charge on any atom is -0.481 e. The summed E-state index contributed by atoms with van der Waals surface area (Å²) in [6, 6.07) is 0. The number of allylic oxidation sites excluding steroid dienone is 2. The number of rotatable bonds is 2. The first kappa shape index (κ1) is 9.64. The molecule has 0 saturated carbocycles. The molecule has 5 heteroatoms. The number of carbonyl (C=O) groups is 2. The maximum atomic E-state index is 11.6. The van der Waals surface area contributed by atoms with Crippen molar-refractivity contribution >= 4 is 17.7 Å². The van der Waals surface area contributed by atoms with Gasteiger partial charge in [0.15, 0.2) is 0 Å². The van der Waals surface area contributed by atoms with Crippen LogP contribution < -0.4 is 0 Å². The number of hydrogen-bond donors (Lipinski definition) is 1. The molecule has 78 valence electrons. The van der Waals surface area contributed by atoms with Gasteiger partial charge in [0, 0.05) is 6.20 Å². The van der Waals surface area contributed by atoms with Gasteiger partial charge in [0.25, 0.3) is 5.91 Å². The molecule has 0 aliphatic carbocycles. The van der Waals surface area contributed by atoms with Gasteiger partial charge in [-0.15, -0.1) is 0 Å². The van der Waals surface area contributed by atoms with E-state index in [0.717, 1.165) is 0 Å². The van der Waals surface area contributed by atoms with Crippen molar-refractivity contribution in [3.05, 3.63) is 24.4 Å². The van der Waals surface area contributed by atoms with Crippen LogP contribution in [0.2, 0.25) is 0 Å². The van der Waals surface area contributed by atoms with Crippen LogP contribution in [0.3, 0.4) is 0 Å². The number of carbonyl (C=O) groups excluding carboxylic acids is 1. The lowest BCUT2D eigenvalue weighted by molar-refractivity contribution is -0.142. The van der Waals surface area contributed by atoms with Gasteiger partial charge in [0.05, 0.1) is 6.42 Å². The molecule has 0 unspecified atom stereocenters. The van der Waals surface area contributed by atoms with Crippen LogP contribution in [0.25, 0.3) is 0 Å². The summed E-state index contributed by atoms with van der Waals surface area (Å²) in [5.74, 6) is -0.910. The van der Waals surface area contributed by atoms with Crippen molar-refractivity contribution in [3.63, 3.8) is 0 Å². The zero-order valence-electron chi connectivity index (χ0n) is 8.17. The van der Waals surface area contributed by atoms with Gasteiger partial charge in [-0.05, 0) is 19.1 Å². The average Bonchev–Trinajstić information content (AvgIpc) is 2.39. The van der Waals surface area contributed by atoms with Gasteiger partial charge in [-0.3, -0.25) is 9.59 Å². The molecule has 0 fully saturated rings. The Labute approximate surface area is 86.4 Å². The molecule has 0 aromatic heterocycles. The van der Waals surface area contributed by atoms with E-state index in [1.54, 1.807) is 36.3 Å². The van der Waals surface area contributed by atoms with E-state index in [2.05, 4.69) is 4.99 Å². The van der Waals surface area contributed by atoms with Gasteiger partial charge in [-0.1, -0.05) is 6.08 Å². The third-order valence-corrected chi connectivity index (χ3v) is 2.54. The minimum absolute atomic E-state index is 0.253. The molecule has 1 atom stereocenters. The normalized spacial score (nSPS) is 27.9. The SMILES string of the molecule is C[C@@]1(CC(=O)O)C(=O)N=C2C=CC=CN21. The Balaban J connectivity index is 2.36. The van der Waals surface area contributed by atoms with Crippen molar-refractivity contribution in [3.8, 4) is 0 Å². The van der Waals surface area contributed by atoms with Crippen LogP contribution in [-0.2, 0) is 9.59 Å². The lowest BCUT2D eigenvalue weighted by Crippen LogP contribution is -2.47. The number of amidine groups is 1. The molecule has 0 aromatic rings. The van der Waals surface area contributed by atoms with E-state index in [4.69, 9.17) is 5.11 Å². The fourth-order valence-corrected chi connectivity index (χ4v) is 1.73. The van der Waals surface area contributed by atoms with Gasteiger partial charge < -0.3 is 10.0 Å². The third kappa shape index (κ3) is 1.36. The lowest BCUT2D eigenvalue weighted by Gasteiger charge is -2.31. The smallest absolute Gasteiger partial charge is 0.306 e. The summed E-state index contributed by atoms with van der Waals surface area (Å²) >= 11 is 0. The van der Waals surface area contributed by atoms with Crippen molar-refractivity contribution in [2.24, 2.45) is 4.99 Å². The number of hydrogen-bond acceptors (Lipinski definition) is 3. The first-order chi connectivity index (χ1) is 7.04. The Morgan fingerprint density at radius 1 is 1.60 bits per heavy atom. The number of carboxylic acids is 1. The van der Waals surface area contributed by atoms with Crippen LogP contribution in [0.1, 0.15) is 13.3 Å². The molecule has 0 radical (unpaired) electrons. The van der Waals surface area contributed by atoms with Crippen molar-refractivity contribution in [2.75, 3.05) is 0 Å². The van der Waals surface area contributed by atoms with Crippen LogP contribution in [0.15, 0.2) is 29.4 Å². The standard InChI is InChI=1S/C10H10N2O3/c1-10(6-8(13)14)9(15)11-7-4-2-3-5-12(7)10/h2-5H,6H2,1H3,(H,13,14)/t10-/m1/s1.